The third-order valence-electron chi connectivity index (χ3n) is 2.99. The Morgan fingerprint density at radius 2 is 1.80 bits per heavy atom. The average molecular weight is 204 g/mol. The lowest BCUT2D eigenvalue weighted by molar-refractivity contribution is 0.593. The summed E-state index contributed by atoms with van der Waals surface area (Å²) in [6, 6.07) is 0. The molecular weight excluding hydrogens is 180 g/mol. The van der Waals surface area contributed by atoms with E-state index in [9.17, 15) is 0 Å². The van der Waals surface area contributed by atoms with Crippen molar-refractivity contribution in [3.63, 3.8) is 0 Å². The Balaban J connectivity index is 2.45. The normalized spacial score (nSPS) is 19.9. The molecule has 0 N–H and O–H groups in total. The van der Waals surface area contributed by atoms with Crippen LogP contribution in [-0.4, -0.2) is 0 Å². The smallest absolute Gasteiger partial charge is 0.0138 e. The van der Waals surface area contributed by atoms with E-state index in [4.69, 9.17) is 0 Å². The molecule has 0 atom stereocenters. The van der Waals surface area contributed by atoms with E-state index in [2.05, 4.69) is 24.8 Å². The van der Waals surface area contributed by atoms with E-state index in [-0.39, 0.29) is 0 Å². The number of allylic oxidation sites excluding steroid dienone is 5. The van der Waals surface area contributed by atoms with Gasteiger partial charge in [-0.25, -0.2) is 0 Å². The zero-order chi connectivity index (χ0) is 10.8. The Morgan fingerprint density at radius 3 is 2.60 bits per heavy atom. The molecule has 0 fully saturated rings. The molecule has 0 saturated carbocycles. The van der Waals surface area contributed by atoms with Gasteiger partial charge in [-0.1, -0.05) is 55.6 Å². The fourth-order valence-electron chi connectivity index (χ4n) is 2.06. The molecule has 1 aliphatic carbocycles. The SMILES string of the molecule is C=CCC1=CC=CCCCCCCCC1. The third kappa shape index (κ3) is 6.33. The lowest BCUT2D eigenvalue weighted by Gasteiger charge is -2.05. The Kier molecular flexibility index (Phi) is 6.98. The van der Waals surface area contributed by atoms with Gasteiger partial charge in [-0.05, 0) is 32.1 Å². The fourth-order valence-corrected chi connectivity index (χ4v) is 2.06. The summed E-state index contributed by atoms with van der Waals surface area (Å²) >= 11 is 0. The van der Waals surface area contributed by atoms with Crippen LogP contribution in [0.2, 0.25) is 0 Å². The summed E-state index contributed by atoms with van der Waals surface area (Å²) in [5, 5.41) is 0. The van der Waals surface area contributed by atoms with Crippen molar-refractivity contribution in [3.8, 4) is 0 Å². The highest BCUT2D eigenvalue weighted by molar-refractivity contribution is 5.14. The van der Waals surface area contributed by atoms with Crippen molar-refractivity contribution < 1.29 is 0 Å². The Morgan fingerprint density at radius 1 is 1.07 bits per heavy atom. The predicted molar refractivity (Wildman–Crippen MR) is 69.0 cm³/mol. The van der Waals surface area contributed by atoms with Crippen molar-refractivity contribution in [1.29, 1.82) is 0 Å². The van der Waals surface area contributed by atoms with Crippen LogP contribution >= 0.6 is 0 Å². The molecule has 1 aliphatic rings. The minimum Gasteiger partial charge on any atom is -0.103 e. The minimum absolute atomic E-state index is 1.06. The van der Waals surface area contributed by atoms with Crippen molar-refractivity contribution in [2.24, 2.45) is 0 Å². The summed E-state index contributed by atoms with van der Waals surface area (Å²) in [6.45, 7) is 3.82. The molecule has 0 spiro atoms. The molecule has 0 bridgehead atoms. The molecule has 0 saturated heterocycles. The summed E-state index contributed by atoms with van der Waals surface area (Å²) < 4.78 is 0. The Bertz CT molecular complexity index is 220. The second-order valence-electron chi connectivity index (χ2n) is 4.41. The summed E-state index contributed by atoms with van der Waals surface area (Å²) in [7, 11) is 0. The van der Waals surface area contributed by atoms with Crippen LogP contribution in [0.25, 0.3) is 0 Å². The molecule has 84 valence electrons. The maximum Gasteiger partial charge on any atom is -0.0138 e. The first kappa shape index (κ1) is 12.3. The summed E-state index contributed by atoms with van der Waals surface area (Å²) in [5.41, 5.74) is 1.54. The molecule has 0 aromatic heterocycles. The van der Waals surface area contributed by atoms with Gasteiger partial charge in [-0.2, -0.15) is 0 Å². The Labute approximate surface area is 94.8 Å². The summed E-state index contributed by atoms with van der Waals surface area (Å²) in [6.07, 6.45) is 20.8. The van der Waals surface area contributed by atoms with Crippen molar-refractivity contribution in [2.45, 2.75) is 57.8 Å². The van der Waals surface area contributed by atoms with Gasteiger partial charge in [0.1, 0.15) is 0 Å². The predicted octanol–water partition coefficient (Wildman–Crippen LogP) is 5.18. The van der Waals surface area contributed by atoms with Crippen molar-refractivity contribution in [1.82, 2.24) is 0 Å². The van der Waals surface area contributed by atoms with Gasteiger partial charge in [0.15, 0.2) is 0 Å². The van der Waals surface area contributed by atoms with E-state index in [0.717, 1.165) is 6.42 Å². The number of rotatable bonds is 2. The van der Waals surface area contributed by atoms with Gasteiger partial charge in [-0.15, -0.1) is 6.58 Å². The van der Waals surface area contributed by atoms with Crippen LogP contribution in [0.4, 0.5) is 0 Å². The van der Waals surface area contributed by atoms with Gasteiger partial charge in [-0.3, -0.25) is 0 Å². The van der Waals surface area contributed by atoms with Gasteiger partial charge >= 0.3 is 0 Å². The summed E-state index contributed by atoms with van der Waals surface area (Å²) in [4.78, 5) is 0. The summed E-state index contributed by atoms with van der Waals surface area (Å²) in [5.74, 6) is 0. The topological polar surface area (TPSA) is 0 Å². The van der Waals surface area contributed by atoms with Crippen molar-refractivity contribution in [2.75, 3.05) is 0 Å². The van der Waals surface area contributed by atoms with Crippen LogP contribution in [-0.2, 0) is 0 Å². The highest BCUT2D eigenvalue weighted by Crippen LogP contribution is 2.16. The van der Waals surface area contributed by atoms with E-state index in [1.165, 1.54) is 51.4 Å². The molecule has 0 aliphatic heterocycles. The van der Waals surface area contributed by atoms with Crippen molar-refractivity contribution >= 4 is 0 Å². The van der Waals surface area contributed by atoms with Gasteiger partial charge in [0, 0.05) is 0 Å². The van der Waals surface area contributed by atoms with Gasteiger partial charge in [0.25, 0.3) is 0 Å². The lowest BCUT2D eigenvalue weighted by atomic mass is 10.0. The van der Waals surface area contributed by atoms with Crippen molar-refractivity contribution in [3.05, 3.63) is 36.5 Å². The molecule has 0 heterocycles. The second-order valence-corrected chi connectivity index (χ2v) is 4.41. The first-order valence-electron chi connectivity index (χ1n) is 6.39. The third-order valence-corrected chi connectivity index (χ3v) is 2.99. The number of hydrogen-bond donors (Lipinski definition) is 0. The van der Waals surface area contributed by atoms with Crippen LogP contribution in [0.15, 0.2) is 36.5 Å². The molecule has 0 radical (unpaired) electrons. The number of hydrogen-bond acceptors (Lipinski definition) is 0. The standard InChI is InChI=1S/C15H24/c1-2-12-15-13-10-8-6-4-3-5-7-9-11-14-15/h2,8,10,13H,1,3-7,9,11-12,14H2. The molecule has 0 aromatic carbocycles. The zero-order valence-electron chi connectivity index (χ0n) is 9.88. The molecule has 0 unspecified atom stereocenters. The largest absolute Gasteiger partial charge is 0.103 e. The van der Waals surface area contributed by atoms with Crippen LogP contribution in [0, 0.1) is 0 Å². The molecule has 15 heavy (non-hydrogen) atoms. The Hall–Kier alpha value is -0.780. The first-order valence-corrected chi connectivity index (χ1v) is 6.39. The minimum atomic E-state index is 1.06. The zero-order valence-corrected chi connectivity index (χ0v) is 9.88. The lowest BCUT2D eigenvalue weighted by Crippen LogP contribution is -1.86. The monoisotopic (exact) mass is 204 g/mol. The molecule has 0 nitrogen and oxygen atoms in total. The molecule has 0 aromatic rings. The molecule has 0 heteroatoms. The highest BCUT2D eigenvalue weighted by Gasteiger charge is 1.96. The van der Waals surface area contributed by atoms with Crippen LogP contribution in [0.3, 0.4) is 0 Å². The van der Waals surface area contributed by atoms with E-state index in [0.29, 0.717) is 0 Å². The molecular formula is C15H24. The first-order chi connectivity index (χ1) is 7.43. The highest BCUT2D eigenvalue weighted by atomic mass is 14.0. The van der Waals surface area contributed by atoms with Gasteiger partial charge in [0.05, 0.1) is 0 Å². The van der Waals surface area contributed by atoms with Crippen LogP contribution in [0.1, 0.15) is 57.8 Å². The van der Waals surface area contributed by atoms with Crippen LogP contribution < -0.4 is 0 Å². The van der Waals surface area contributed by atoms with E-state index >= 15 is 0 Å². The van der Waals surface area contributed by atoms with Gasteiger partial charge < -0.3 is 0 Å². The average Bonchev–Trinajstić information content (AvgIpc) is 2.22. The van der Waals surface area contributed by atoms with E-state index < -0.39 is 0 Å². The van der Waals surface area contributed by atoms with Crippen LogP contribution in [0.5, 0.6) is 0 Å². The van der Waals surface area contributed by atoms with Gasteiger partial charge in [0.2, 0.25) is 0 Å². The fraction of sp³-hybridized carbons (Fsp3) is 0.600. The quantitative estimate of drug-likeness (QED) is 0.544. The van der Waals surface area contributed by atoms with E-state index in [1.54, 1.807) is 5.57 Å². The second kappa shape index (κ2) is 8.52. The van der Waals surface area contributed by atoms with E-state index in [1.807, 2.05) is 6.08 Å². The molecule has 1 rings (SSSR count). The maximum atomic E-state index is 3.82. The maximum absolute atomic E-state index is 3.82. The molecule has 0 amide bonds.